The molecule has 1 aliphatic heterocycles. The highest BCUT2D eigenvalue weighted by molar-refractivity contribution is 14.1. The summed E-state index contributed by atoms with van der Waals surface area (Å²) in [6, 6.07) is 7.69. The van der Waals surface area contributed by atoms with Gasteiger partial charge in [0.2, 0.25) is 5.91 Å². The smallest absolute Gasteiger partial charge is 0.238 e. The lowest BCUT2D eigenvalue weighted by Crippen LogP contribution is -2.65. The molecule has 4 nitrogen and oxygen atoms in total. The Morgan fingerprint density at radius 3 is 2.68 bits per heavy atom. The van der Waals surface area contributed by atoms with E-state index in [1.165, 1.54) is 0 Å². The number of para-hydroxylation sites is 1. The van der Waals surface area contributed by atoms with E-state index >= 15 is 0 Å². The highest BCUT2D eigenvalue weighted by atomic mass is 127. The Bertz CT molecular complexity index is 470. The van der Waals surface area contributed by atoms with Gasteiger partial charge in [-0.15, -0.1) is 0 Å². The molecule has 5 heteroatoms. The van der Waals surface area contributed by atoms with E-state index in [-0.39, 0.29) is 11.8 Å². The predicted molar refractivity (Wildman–Crippen MR) is 84.0 cm³/mol. The summed E-state index contributed by atoms with van der Waals surface area (Å²) in [5.74, 6) is 0.191. The van der Waals surface area contributed by atoms with Gasteiger partial charge in [-0.25, -0.2) is 0 Å². The molecule has 1 saturated heterocycles. The number of aliphatic hydroxyl groups is 1. The summed E-state index contributed by atoms with van der Waals surface area (Å²) >= 11 is 2.20. The highest BCUT2D eigenvalue weighted by Gasteiger charge is 2.43. The van der Waals surface area contributed by atoms with Gasteiger partial charge in [0.1, 0.15) is 0 Å². The molecule has 1 aliphatic rings. The molecule has 104 valence electrons. The normalized spacial score (nSPS) is 18.2. The van der Waals surface area contributed by atoms with E-state index in [1.807, 2.05) is 43.0 Å². The Morgan fingerprint density at radius 1 is 1.47 bits per heavy atom. The number of hydrogen-bond acceptors (Lipinski definition) is 3. The molecule has 19 heavy (non-hydrogen) atoms. The molecule has 1 fully saturated rings. The van der Waals surface area contributed by atoms with Crippen LogP contribution in [-0.2, 0) is 4.79 Å². The number of likely N-dealkylation sites (tertiary alicyclic amines) is 1. The fraction of sp³-hybridized carbons (Fsp3) is 0.500. The van der Waals surface area contributed by atoms with Gasteiger partial charge in [0.25, 0.3) is 0 Å². The van der Waals surface area contributed by atoms with Crippen LogP contribution in [0.3, 0.4) is 0 Å². The van der Waals surface area contributed by atoms with Crippen molar-refractivity contribution in [2.75, 3.05) is 25.0 Å². The number of benzene rings is 1. The van der Waals surface area contributed by atoms with E-state index in [4.69, 9.17) is 0 Å². The maximum Gasteiger partial charge on any atom is 0.238 e. The number of rotatable bonds is 4. The molecule has 0 unspecified atom stereocenters. The third-order valence-corrected chi connectivity index (χ3v) is 4.53. The molecule has 0 saturated carbocycles. The average molecular weight is 374 g/mol. The summed E-state index contributed by atoms with van der Waals surface area (Å²) in [4.78, 5) is 13.9. The quantitative estimate of drug-likeness (QED) is 0.793. The maximum atomic E-state index is 11.9. The van der Waals surface area contributed by atoms with Gasteiger partial charge in [0, 0.05) is 16.7 Å². The number of β-amino-alcohol motifs (C(OH)–C–C–N with tert-alkyl or cyclic N) is 1. The Kier molecular flexibility index (Phi) is 4.47. The van der Waals surface area contributed by atoms with Crippen molar-refractivity contribution in [3.63, 3.8) is 0 Å². The van der Waals surface area contributed by atoms with Crippen LogP contribution in [-0.4, -0.2) is 41.1 Å². The standard InChI is InChI=1S/C14H19IN2O2/c1-10(2)14(19)8-17(9-14)7-13(18)16-12-6-4-3-5-11(12)15/h3-6,10,19H,7-9H2,1-2H3,(H,16,18). The van der Waals surface area contributed by atoms with Crippen LogP contribution in [0.1, 0.15) is 13.8 Å². The third-order valence-electron chi connectivity index (χ3n) is 3.58. The summed E-state index contributed by atoms with van der Waals surface area (Å²) in [6.07, 6.45) is 0. The number of hydrogen-bond donors (Lipinski definition) is 2. The molecule has 1 heterocycles. The number of amides is 1. The van der Waals surface area contributed by atoms with E-state index in [1.54, 1.807) is 0 Å². The van der Waals surface area contributed by atoms with Crippen LogP contribution in [0.25, 0.3) is 0 Å². The van der Waals surface area contributed by atoms with Crippen LogP contribution in [0.2, 0.25) is 0 Å². The van der Waals surface area contributed by atoms with Gasteiger partial charge in [-0.2, -0.15) is 0 Å². The molecule has 0 aliphatic carbocycles. The number of nitrogens with one attached hydrogen (secondary N) is 1. The molecule has 0 radical (unpaired) electrons. The molecular formula is C14H19IN2O2. The van der Waals surface area contributed by atoms with Crippen molar-refractivity contribution >= 4 is 34.2 Å². The van der Waals surface area contributed by atoms with Crippen molar-refractivity contribution in [1.82, 2.24) is 4.90 Å². The first kappa shape index (κ1) is 14.7. The Balaban J connectivity index is 1.83. The number of anilines is 1. The Hall–Kier alpha value is -0.660. The number of nitrogens with zero attached hydrogens (tertiary/aromatic N) is 1. The van der Waals surface area contributed by atoms with Crippen molar-refractivity contribution in [1.29, 1.82) is 0 Å². The summed E-state index contributed by atoms with van der Waals surface area (Å²) in [7, 11) is 0. The van der Waals surface area contributed by atoms with Crippen LogP contribution in [0.5, 0.6) is 0 Å². The van der Waals surface area contributed by atoms with Crippen LogP contribution < -0.4 is 5.32 Å². The monoisotopic (exact) mass is 374 g/mol. The fourth-order valence-corrected chi connectivity index (χ4v) is 2.68. The minimum atomic E-state index is -0.624. The molecular weight excluding hydrogens is 355 g/mol. The van der Waals surface area contributed by atoms with Crippen molar-refractivity contribution in [3.05, 3.63) is 27.8 Å². The predicted octanol–water partition coefficient (Wildman–Crippen LogP) is 1.93. The molecule has 1 amide bonds. The lowest BCUT2D eigenvalue weighted by molar-refractivity contribution is -0.139. The number of carbonyl (C=O) groups is 1. The lowest BCUT2D eigenvalue weighted by atomic mass is 9.83. The van der Waals surface area contributed by atoms with Crippen molar-refractivity contribution < 1.29 is 9.90 Å². The minimum Gasteiger partial charge on any atom is -0.387 e. The second kappa shape index (κ2) is 5.76. The van der Waals surface area contributed by atoms with E-state index in [9.17, 15) is 9.90 Å². The zero-order valence-electron chi connectivity index (χ0n) is 11.2. The van der Waals surface area contributed by atoms with E-state index < -0.39 is 5.60 Å². The van der Waals surface area contributed by atoms with Gasteiger partial charge in [-0.1, -0.05) is 26.0 Å². The minimum absolute atomic E-state index is 0.0325. The van der Waals surface area contributed by atoms with Crippen molar-refractivity contribution in [2.45, 2.75) is 19.4 Å². The second-order valence-corrected chi connectivity index (χ2v) is 6.59. The van der Waals surface area contributed by atoms with Crippen LogP contribution in [0.15, 0.2) is 24.3 Å². The highest BCUT2D eigenvalue weighted by Crippen LogP contribution is 2.28. The largest absolute Gasteiger partial charge is 0.387 e. The lowest BCUT2D eigenvalue weighted by Gasteiger charge is -2.48. The van der Waals surface area contributed by atoms with Gasteiger partial charge in [-0.05, 0) is 40.6 Å². The first-order chi connectivity index (χ1) is 8.90. The molecule has 1 aromatic rings. The summed E-state index contributed by atoms with van der Waals surface area (Å²) < 4.78 is 1.02. The molecule has 0 atom stereocenters. The van der Waals surface area contributed by atoms with Gasteiger partial charge >= 0.3 is 0 Å². The second-order valence-electron chi connectivity index (χ2n) is 5.43. The van der Waals surface area contributed by atoms with Crippen molar-refractivity contribution in [3.8, 4) is 0 Å². The molecule has 2 N–H and O–H groups in total. The molecule has 0 aromatic heterocycles. The number of halogens is 1. The van der Waals surface area contributed by atoms with Crippen LogP contribution in [0, 0.1) is 9.49 Å². The summed E-state index contributed by atoms with van der Waals surface area (Å²) in [5, 5.41) is 13.0. The first-order valence-electron chi connectivity index (χ1n) is 6.40. The molecule has 1 aromatic carbocycles. The van der Waals surface area contributed by atoms with Crippen LogP contribution >= 0.6 is 22.6 Å². The van der Waals surface area contributed by atoms with E-state index in [0.29, 0.717) is 19.6 Å². The molecule has 2 rings (SSSR count). The van der Waals surface area contributed by atoms with Gasteiger partial charge in [-0.3, -0.25) is 9.69 Å². The maximum absolute atomic E-state index is 11.9. The van der Waals surface area contributed by atoms with E-state index in [0.717, 1.165) is 9.26 Å². The summed E-state index contributed by atoms with van der Waals surface area (Å²) in [6.45, 7) is 5.49. The average Bonchev–Trinajstić information content (AvgIpc) is 2.29. The topological polar surface area (TPSA) is 52.6 Å². The Labute approximate surface area is 127 Å². The SMILES string of the molecule is CC(C)C1(O)CN(CC(=O)Nc2ccccc2I)C1. The Morgan fingerprint density at radius 2 is 2.11 bits per heavy atom. The molecule has 0 spiro atoms. The fourth-order valence-electron chi connectivity index (χ4n) is 2.16. The van der Waals surface area contributed by atoms with Gasteiger partial charge in [0.15, 0.2) is 0 Å². The zero-order valence-corrected chi connectivity index (χ0v) is 13.3. The first-order valence-corrected chi connectivity index (χ1v) is 7.48. The van der Waals surface area contributed by atoms with Gasteiger partial charge in [0.05, 0.1) is 17.8 Å². The zero-order chi connectivity index (χ0) is 14.0. The van der Waals surface area contributed by atoms with E-state index in [2.05, 4.69) is 27.9 Å². The van der Waals surface area contributed by atoms with Crippen LogP contribution in [0.4, 0.5) is 5.69 Å². The van der Waals surface area contributed by atoms with Gasteiger partial charge < -0.3 is 10.4 Å². The number of carbonyl (C=O) groups excluding carboxylic acids is 1. The summed E-state index contributed by atoms with van der Waals surface area (Å²) in [5.41, 5.74) is 0.217. The third kappa shape index (κ3) is 3.46. The molecule has 0 bridgehead atoms. The van der Waals surface area contributed by atoms with Crippen molar-refractivity contribution in [2.24, 2.45) is 5.92 Å².